The molecule has 2 rings (SSSR count). The molecule has 18 heavy (non-hydrogen) atoms. The highest BCUT2D eigenvalue weighted by Crippen LogP contribution is 2.10. The van der Waals surface area contributed by atoms with Crippen LogP contribution in [-0.4, -0.2) is 27.6 Å². The second-order valence-corrected chi connectivity index (χ2v) is 5.52. The quantitative estimate of drug-likeness (QED) is 0.825. The zero-order chi connectivity index (χ0) is 12.6. The van der Waals surface area contributed by atoms with Gasteiger partial charge < -0.3 is 0 Å². The number of benzene rings is 1. The fraction of sp³-hybridized carbons (Fsp3) is 0.250. The van der Waals surface area contributed by atoms with E-state index in [4.69, 9.17) is 0 Å². The topological polar surface area (TPSA) is 54.9 Å². The average Bonchev–Trinajstić information content (AvgIpc) is 2.89. The van der Waals surface area contributed by atoms with Crippen molar-refractivity contribution in [2.45, 2.75) is 6.42 Å². The summed E-state index contributed by atoms with van der Waals surface area (Å²) in [6, 6.07) is 10.3. The molecule has 0 atom stereocenters. The van der Waals surface area contributed by atoms with Crippen LogP contribution in [0.2, 0.25) is 0 Å². The van der Waals surface area contributed by atoms with E-state index in [-0.39, 0.29) is 5.91 Å². The van der Waals surface area contributed by atoms with Gasteiger partial charge in [0, 0.05) is 0 Å². The number of thioether (sulfide) groups is 1. The lowest BCUT2D eigenvalue weighted by atomic mass is 10.2. The summed E-state index contributed by atoms with van der Waals surface area (Å²) >= 11 is 2.95. The molecule has 0 saturated carbocycles. The molecule has 1 N–H and O–H groups in total. The first-order valence-electron chi connectivity index (χ1n) is 5.52. The van der Waals surface area contributed by atoms with E-state index in [1.54, 1.807) is 17.3 Å². The normalized spacial score (nSPS) is 10.2. The zero-order valence-corrected chi connectivity index (χ0v) is 11.3. The summed E-state index contributed by atoms with van der Waals surface area (Å²) in [4.78, 5) is 11.5. The molecule has 4 nitrogen and oxygen atoms in total. The monoisotopic (exact) mass is 279 g/mol. The Bertz CT molecular complexity index is 473. The number of aryl methyl sites for hydroxylation is 1. The Kier molecular flexibility index (Phi) is 5.16. The number of carbonyl (C=O) groups is 1. The van der Waals surface area contributed by atoms with E-state index >= 15 is 0 Å². The molecule has 0 aliphatic rings. The lowest BCUT2D eigenvalue weighted by molar-refractivity contribution is -0.113. The molecule has 0 bridgehead atoms. The number of anilines is 1. The molecule has 6 heteroatoms. The first kappa shape index (κ1) is 13.0. The van der Waals surface area contributed by atoms with Crippen molar-refractivity contribution >= 4 is 34.1 Å². The molecule has 0 aliphatic carbocycles. The minimum absolute atomic E-state index is 0.0233. The summed E-state index contributed by atoms with van der Waals surface area (Å²) in [6.07, 6.45) is 0.984. The second-order valence-electron chi connectivity index (χ2n) is 3.58. The smallest absolute Gasteiger partial charge is 0.236 e. The zero-order valence-electron chi connectivity index (χ0n) is 9.70. The Hall–Kier alpha value is -1.40. The van der Waals surface area contributed by atoms with Gasteiger partial charge in [-0.15, -0.1) is 10.2 Å². The van der Waals surface area contributed by atoms with Gasteiger partial charge in [0.05, 0.1) is 5.75 Å². The first-order valence-corrected chi connectivity index (χ1v) is 7.56. The van der Waals surface area contributed by atoms with Crippen LogP contribution in [0.25, 0.3) is 0 Å². The van der Waals surface area contributed by atoms with Crippen LogP contribution in [0.5, 0.6) is 0 Å². The summed E-state index contributed by atoms with van der Waals surface area (Å²) in [7, 11) is 0. The van der Waals surface area contributed by atoms with Crippen molar-refractivity contribution in [3.05, 3.63) is 41.4 Å². The summed E-state index contributed by atoms with van der Waals surface area (Å²) in [5.41, 5.74) is 2.90. The van der Waals surface area contributed by atoms with Crippen LogP contribution >= 0.6 is 23.1 Å². The van der Waals surface area contributed by atoms with Crippen LogP contribution in [0.4, 0.5) is 5.13 Å². The summed E-state index contributed by atoms with van der Waals surface area (Å²) < 4.78 is 0. The highest BCUT2D eigenvalue weighted by atomic mass is 32.2. The molecule has 1 amide bonds. The van der Waals surface area contributed by atoms with Crippen molar-refractivity contribution in [1.82, 2.24) is 10.2 Å². The van der Waals surface area contributed by atoms with Gasteiger partial charge in [0.1, 0.15) is 5.51 Å². The minimum Gasteiger partial charge on any atom is -0.300 e. The fourth-order valence-electron chi connectivity index (χ4n) is 1.38. The number of hydrogen-bond donors (Lipinski definition) is 1. The number of rotatable bonds is 6. The molecule has 0 saturated heterocycles. The third kappa shape index (κ3) is 4.46. The van der Waals surface area contributed by atoms with Gasteiger partial charge in [0.25, 0.3) is 0 Å². The molecule has 0 unspecified atom stereocenters. The highest BCUT2D eigenvalue weighted by molar-refractivity contribution is 7.99. The van der Waals surface area contributed by atoms with Gasteiger partial charge in [-0.1, -0.05) is 41.7 Å². The third-order valence-electron chi connectivity index (χ3n) is 2.22. The maximum absolute atomic E-state index is 11.5. The summed E-state index contributed by atoms with van der Waals surface area (Å²) in [5.74, 6) is 1.37. The van der Waals surface area contributed by atoms with Crippen LogP contribution in [0.3, 0.4) is 0 Å². The van der Waals surface area contributed by atoms with E-state index in [1.807, 2.05) is 18.2 Å². The van der Waals surface area contributed by atoms with Gasteiger partial charge in [0.2, 0.25) is 11.0 Å². The van der Waals surface area contributed by atoms with Crippen molar-refractivity contribution in [3.63, 3.8) is 0 Å². The molecule has 1 heterocycles. The molecule has 2 aromatic rings. The maximum atomic E-state index is 11.5. The van der Waals surface area contributed by atoms with Crippen molar-refractivity contribution < 1.29 is 4.79 Å². The van der Waals surface area contributed by atoms with Gasteiger partial charge >= 0.3 is 0 Å². The molecular formula is C12H13N3OS2. The summed E-state index contributed by atoms with van der Waals surface area (Å²) in [5, 5.41) is 10.7. The largest absolute Gasteiger partial charge is 0.300 e. The summed E-state index contributed by atoms with van der Waals surface area (Å²) in [6.45, 7) is 0. The number of carbonyl (C=O) groups excluding carboxylic acids is 1. The highest BCUT2D eigenvalue weighted by Gasteiger charge is 2.04. The Morgan fingerprint density at radius 1 is 1.33 bits per heavy atom. The number of aromatic nitrogens is 2. The van der Waals surface area contributed by atoms with Crippen molar-refractivity contribution in [2.24, 2.45) is 0 Å². The van der Waals surface area contributed by atoms with E-state index < -0.39 is 0 Å². The standard InChI is InChI=1S/C12H13N3OS2/c16-11(14-12-15-13-9-18-12)8-17-7-6-10-4-2-1-3-5-10/h1-5,9H,6-8H2,(H,14,15,16). The minimum atomic E-state index is -0.0233. The molecule has 94 valence electrons. The van der Waals surface area contributed by atoms with E-state index in [1.165, 1.54) is 16.9 Å². The number of amides is 1. The van der Waals surface area contributed by atoms with Crippen LogP contribution in [0.1, 0.15) is 5.56 Å². The van der Waals surface area contributed by atoms with Crippen molar-refractivity contribution in [1.29, 1.82) is 0 Å². The van der Waals surface area contributed by atoms with Crippen LogP contribution < -0.4 is 5.32 Å². The predicted molar refractivity (Wildman–Crippen MR) is 76.0 cm³/mol. The van der Waals surface area contributed by atoms with E-state index in [2.05, 4.69) is 27.6 Å². The Labute approximate surface area is 114 Å². The lowest BCUT2D eigenvalue weighted by Crippen LogP contribution is -2.14. The van der Waals surface area contributed by atoms with E-state index in [9.17, 15) is 4.79 Å². The Morgan fingerprint density at radius 2 is 2.17 bits per heavy atom. The number of nitrogens with zero attached hydrogens (tertiary/aromatic N) is 2. The van der Waals surface area contributed by atoms with Crippen molar-refractivity contribution in [2.75, 3.05) is 16.8 Å². The van der Waals surface area contributed by atoms with Gasteiger partial charge in [0.15, 0.2) is 0 Å². The fourth-order valence-corrected chi connectivity index (χ4v) is 2.63. The van der Waals surface area contributed by atoms with Gasteiger partial charge in [-0.3, -0.25) is 10.1 Å². The molecule has 0 radical (unpaired) electrons. The van der Waals surface area contributed by atoms with Crippen LogP contribution in [0, 0.1) is 0 Å². The van der Waals surface area contributed by atoms with Crippen molar-refractivity contribution in [3.8, 4) is 0 Å². The number of nitrogens with one attached hydrogen (secondary N) is 1. The Balaban J connectivity index is 1.62. The van der Waals surface area contributed by atoms with Crippen LogP contribution in [0.15, 0.2) is 35.8 Å². The number of hydrogen-bond acceptors (Lipinski definition) is 5. The van der Waals surface area contributed by atoms with Crippen LogP contribution in [-0.2, 0) is 11.2 Å². The molecule has 0 fully saturated rings. The second kappa shape index (κ2) is 7.13. The maximum Gasteiger partial charge on any atom is 0.236 e. The molecular weight excluding hydrogens is 266 g/mol. The van der Waals surface area contributed by atoms with Gasteiger partial charge in [-0.25, -0.2) is 0 Å². The molecule has 1 aromatic heterocycles. The molecule has 0 aliphatic heterocycles. The van der Waals surface area contributed by atoms with E-state index in [0.29, 0.717) is 10.9 Å². The van der Waals surface area contributed by atoms with Gasteiger partial charge in [-0.05, 0) is 17.7 Å². The molecule has 1 aromatic carbocycles. The third-order valence-corrected chi connectivity index (χ3v) is 3.78. The lowest BCUT2D eigenvalue weighted by Gasteiger charge is -2.02. The Morgan fingerprint density at radius 3 is 2.89 bits per heavy atom. The predicted octanol–water partition coefficient (Wildman–Crippen LogP) is 2.45. The van der Waals surface area contributed by atoms with Gasteiger partial charge in [-0.2, -0.15) is 11.8 Å². The SMILES string of the molecule is O=C(CSCCc1ccccc1)Nc1nncs1. The first-order chi connectivity index (χ1) is 8.84. The van der Waals surface area contributed by atoms with E-state index in [0.717, 1.165) is 12.2 Å². The average molecular weight is 279 g/mol. The molecule has 0 spiro atoms.